The van der Waals surface area contributed by atoms with Crippen molar-refractivity contribution in [2.45, 2.75) is 25.8 Å². The highest BCUT2D eigenvalue weighted by Crippen LogP contribution is 2.26. The van der Waals surface area contributed by atoms with Gasteiger partial charge in [-0.25, -0.2) is 9.67 Å². The number of nitrogens with zero attached hydrogens (tertiary/aromatic N) is 5. The Morgan fingerprint density at radius 2 is 2.08 bits per heavy atom. The van der Waals surface area contributed by atoms with E-state index in [2.05, 4.69) is 32.1 Å². The molecule has 4 rings (SSSR count). The third-order valence-electron chi connectivity index (χ3n) is 4.74. The lowest BCUT2D eigenvalue weighted by atomic mass is 10.1. The zero-order valence-corrected chi connectivity index (χ0v) is 15.9. The molecule has 0 saturated heterocycles. The zero-order valence-electron chi connectivity index (χ0n) is 14.4. The lowest BCUT2D eigenvalue weighted by Gasteiger charge is -2.23. The summed E-state index contributed by atoms with van der Waals surface area (Å²) in [5.41, 5.74) is 2.34. The number of aromatic nitrogens is 4. The van der Waals surface area contributed by atoms with Gasteiger partial charge in [0.05, 0.1) is 0 Å². The third-order valence-corrected chi connectivity index (χ3v) is 5.29. The fourth-order valence-corrected chi connectivity index (χ4v) is 4.01. The first-order valence-electron chi connectivity index (χ1n) is 8.52. The molecule has 0 atom stereocenters. The number of carbonyl (C=O) groups is 1. The van der Waals surface area contributed by atoms with Crippen molar-refractivity contribution >= 4 is 38.6 Å². The summed E-state index contributed by atoms with van der Waals surface area (Å²) in [6, 6.07) is 7.97. The van der Waals surface area contributed by atoms with Gasteiger partial charge in [0, 0.05) is 19.3 Å². The predicted octanol–water partition coefficient (Wildman–Crippen LogP) is 2.26. The number of para-hydroxylation sites is 1. The topological polar surface area (TPSA) is 73.0 Å². The summed E-state index contributed by atoms with van der Waals surface area (Å²) in [6.07, 6.45) is 4.38. The van der Waals surface area contributed by atoms with Crippen molar-refractivity contribution in [3.05, 3.63) is 51.1 Å². The number of hydrogen-bond acceptors (Lipinski definition) is 4. The van der Waals surface area contributed by atoms with Gasteiger partial charge in [-0.2, -0.15) is 5.10 Å². The Labute approximate surface area is 158 Å². The first-order valence-corrected chi connectivity index (χ1v) is 9.31. The Balaban J connectivity index is 1.69. The van der Waals surface area contributed by atoms with Gasteiger partial charge < -0.3 is 4.90 Å². The number of fused-ring (bicyclic) bond motifs is 2. The van der Waals surface area contributed by atoms with Crippen LogP contribution in [0.4, 0.5) is 5.69 Å². The van der Waals surface area contributed by atoms with Gasteiger partial charge in [0.15, 0.2) is 5.65 Å². The number of anilines is 1. The second-order valence-corrected chi connectivity index (χ2v) is 7.17. The zero-order chi connectivity index (χ0) is 18.3. The van der Waals surface area contributed by atoms with Crippen molar-refractivity contribution in [3.63, 3.8) is 0 Å². The van der Waals surface area contributed by atoms with Crippen LogP contribution in [0.2, 0.25) is 0 Å². The number of rotatable bonds is 2. The second kappa shape index (κ2) is 6.68. The van der Waals surface area contributed by atoms with Crippen LogP contribution >= 0.6 is 15.9 Å². The van der Waals surface area contributed by atoms with Crippen LogP contribution < -0.4 is 10.5 Å². The van der Waals surface area contributed by atoms with Crippen molar-refractivity contribution in [1.82, 2.24) is 19.3 Å². The van der Waals surface area contributed by atoms with Crippen LogP contribution in [0.1, 0.15) is 18.4 Å². The van der Waals surface area contributed by atoms with Gasteiger partial charge in [-0.3, -0.25) is 14.2 Å². The first kappa shape index (κ1) is 17.0. The van der Waals surface area contributed by atoms with Crippen molar-refractivity contribution in [3.8, 4) is 0 Å². The Hall–Kier alpha value is -2.48. The number of carbonyl (C=O) groups excluding carboxylic acids is 1. The van der Waals surface area contributed by atoms with E-state index in [9.17, 15) is 9.59 Å². The molecule has 1 amide bonds. The maximum Gasteiger partial charge on any atom is 0.266 e. The number of aryl methyl sites for hydroxylation is 2. The molecule has 0 fully saturated rings. The lowest BCUT2D eigenvalue weighted by molar-refractivity contribution is -0.119. The average molecular weight is 416 g/mol. The van der Waals surface area contributed by atoms with E-state index in [1.54, 1.807) is 11.9 Å². The van der Waals surface area contributed by atoms with Gasteiger partial charge in [0.25, 0.3) is 5.56 Å². The Kier molecular flexibility index (Phi) is 4.36. The van der Waals surface area contributed by atoms with Crippen LogP contribution in [0.3, 0.4) is 0 Å². The van der Waals surface area contributed by atoms with Gasteiger partial charge in [0.2, 0.25) is 5.91 Å². The molecule has 0 radical (unpaired) electrons. The molecule has 0 unspecified atom stereocenters. The van der Waals surface area contributed by atoms with Gasteiger partial charge in [-0.15, -0.1) is 0 Å². The summed E-state index contributed by atoms with van der Waals surface area (Å²) in [6.45, 7) is 0.619. The molecule has 1 aliphatic rings. The number of halogens is 1. The summed E-state index contributed by atoms with van der Waals surface area (Å²) in [5.74, 6) is -0.109. The molecule has 0 spiro atoms. The molecule has 26 heavy (non-hydrogen) atoms. The van der Waals surface area contributed by atoms with E-state index < -0.39 is 0 Å². The van der Waals surface area contributed by atoms with Crippen LogP contribution in [0, 0.1) is 0 Å². The molecule has 1 aromatic carbocycles. The normalized spacial score (nSPS) is 14.3. The van der Waals surface area contributed by atoms with Crippen LogP contribution in [0.15, 0.2) is 40.0 Å². The number of hydrogen-bond donors (Lipinski definition) is 0. The van der Waals surface area contributed by atoms with Crippen LogP contribution in [-0.4, -0.2) is 31.8 Å². The van der Waals surface area contributed by atoms with E-state index in [0.717, 1.165) is 24.9 Å². The van der Waals surface area contributed by atoms with Crippen molar-refractivity contribution in [2.75, 3.05) is 11.4 Å². The Morgan fingerprint density at radius 3 is 2.92 bits per heavy atom. The van der Waals surface area contributed by atoms with Gasteiger partial charge >= 0.3 is 0 Å². The van der Waals surface area contributed by atoms with Gasteiger partial charge in [-0.05, 0) is 46.8 Å². The SMILES string of the molecule is Cn1nc(Br)c2c(=O)n(CC(=O)N3CCCCc4ccccc43)cnc21. The largest absolute Gasteiger partial charge is 0.311 e. The maximum absolute atomic E-state index is 13.0. The third kappa shape index (κ3) is 2.84. The second-order valence-electron chi connectivity index (χ2n) is 6.42. The molecule has 0 saturated carbocycles. The van der Waals surface area contributed by atoms with Crippen molar-refractivity contribution in [2.24, 2.45) is 7.05 Å². The quantitative estimate of drug-likeness (QED) is 0.643. The van der Waals surface area contributed by atoms with E-state index in [-0.39, 0.29) is 18.0 Å². The monoisotopic (exact) mass is 415 g/mol. The van der Waals surface area contributed by atoms with Crippen LogP contribution in [0.5, 0.6) is 0 Å². The molecule has 7 nitrogen and oxygen atoms in total. The molecule has 3 heterocycles. The smallest absolute Gasteiger partial charge is 0.266 e. The number of benzene rings is 1. The van der Waals surface area contributed by atoms with E-state index in [1.807, 2.05) is 18.2 Å². The highest BCUT2D eigenvalue weighted by atomic mass is 79.9. The fraction of sp³-hybridized carbons (Fsp3) is 0.333. The Morgan fingerprint density at radius 1 is 1.27 bits per heavy atom. The van der Waals surface area contributed by atoms with Crippen molar-refractivity contribution in [1.29, 1.82) is 0 Å². The van der Waals surface area contributed by atoms with E-state index >= 15 is 0 Å². The molecule has 2 aromatic heterocycles. The fourth-order valence-electron chi connectivity index (χ4n) is 3.43. The van der Waals surface area contributed by atoms with Gasteiger partial charge in [-0.1, -0.05) is 18.2 Å². The minimum Gasteiger partial charge on any atom is -0.311 e. The average Bonchev–Trinajstić information content (AvgIpc) is 2.81. The predicted molar refractivity (Wildman–Crippen MR) is 102 cm³/mol. The molecule has 0 N–H and O–H groups in total. The minimum absolute atomic E-state index is 0.0442. The molecule has 8 heteroatoms. The van der Waals surface area contributed by atoms with E-state index in [1.165, 1.54) is 21.1 Å². The summed E-state index contributed by atoms with van der Waals surface area (Å²) < 4.78 is 3.33. The standard InChI is InChI=1S/C18H18BrN5O2/c1-22-17-15(16(19)21-22)18(26)23(11-20-17)10-14(25)24-9-5-4-7-12-6-2-3-8-13(12)24/h2-3,6,8,11H,4-5,7,9-10H2,1H3. The summed E-state index contributed by atoms with van der Waals surface area (Å²) in [5, 5.41) is 4.55. The molecular weight excluding hydrogens is 398 g/mol. The highest BCUT2D eigenvalue weighted by molar-refractivity contribution is 9.10. The molecule has 0 aliphatic carbocycles. The van der Waals surface area contributed by atoms with E-state index in [4.69, 9.17) is 0 Å². The molecular formula is C18H18BrN5O2. The van der Waals surface area contributed by atoms with E-state index in [0.29, 0.717) is 22.2 Å². The number of amides is 1. The molecule has 1 aliphatic heterocycles. The Bertz CT molecular complexity index is 1060. The van der Waals surface area contributed by atoms with Crippen LogP contribution in [0.25, 0.3) is 11.0 Å². The maximum atomic E-state index is 13.0. The lowest BCUT2D eigenvalue weighted by Crippen LogP contribution is -2.37. The van der Waals surface area contributed by atoms with Crippen LogP contribution in [-0.2, 0) is 24.8 Å². The molecule has 0 bridgehead atoms. The van der Waals surface area contributed by atoms with Gasteiger partial charge in [0.1, 0.15) is 22.9 Å². The summed E-state index contributed by atoms with van der Waals surface area (Å²) in [4.78, 5) is 31.8. The molecule has 3 aromatic rings. The summed E-state index contributed by atoms with van der Waals surface area (Å²) >= 11 is 3.30. The summed E-state index contributed by atoms with van der Waals surface area (Å²) in [7, 11) is 1.73. The first-order chi connectivity index (χ1) is 12.6. The molecule has 134 valence electrons. The van der Waals surface area contributed by atoms with Crippen molar-refractivity contribution < 1.29 is 4.79 Å². The highest BCUT2D eigenvalue weighted by Gasteiger charge is 2.22. The minimum atomic E-state index is -0.272.